The first-order valence-corrected chi connectivity index (χ1v) is 6.24. The standard InChI is InChI=1S/C14H18N4O.2ClH/c1-11(18-9-3-8-16-18)14(19)17-13-6-4-12(5-7-13)10-15-2;;/h3-9,11,15H,10H2,1-2H3,(H,17,19);2*1H. The third kappa shape index (κ3) is 5.38. The van der Waals surface area contributed by atoms with E-state index in [1.807, 2.05) is 38.2 Å². The molecule has 5 nitrogen and oxygen atoms in total. The van der Waals surface area contributed by atoms with Gasteiger partial charge in [0.05, 0.1) is 0 Å². The summed E-state index contributed by atoms with van der Waals surface area (Å²) in [6.07, 6.45) is 3.44. The molecular formula is C14H20Cl2N4O. The van der Waals surface area contributed by atoms with Crippen molar-refractivity contribution in [2.45, 2.75) is 19.5 Å². The lowest BCUT2D eigenvalue weighted by Gasteiger charge is -2.13. The summed E-state index contributed by atoms with van der Waals surface area (Å²) in [6.45, 7) is 2.63. The van der Waals surface area contributed by atoms with Gasteiger partial charge in [0.15, 0.2) is 0 Å². The number of carbonyl (C=O) groups excluding carboxylic acids is 1. The molecule has 0 saturated carbocycles. The Morgan fingerprint density at radius 2 is 1.95 bits per heavy atom. The number of hydrogen-bond acceptors (Lipinski definition) is 3. The number of nitrogens with one attached hydrogen (secondary N) is 2. The maximum atomic E-state index is 12.0. The summed E-state index contributed by atoms with van der Waals surface area (Å²) in [4.78, 5) is 12.0. The summed E-state index contributed by atoms with van der Waals surface area (Å²) in [5.74, 6) is -0.0786. The minimum absolute atomic E-state index is 0. The molecule has 1 heterocycles. The summed E-state index contributed by atoms with van der Waals surface area (Å²) in [6, 6.07) is 9.26. The Balaban J connectivity index is 0.00000200. The van der Waals surface area contributed by atoms with Gasteiger partial charge in [-0.2, -0.15) is 5.10 Å². The molecule has 1 amide bonds. The molecule has 0 radical (unpaired) electrons. The minimum Gasteiger partial charge on any atom is -0.324 e. The van der Waals surface area contributed by atoms with Crippen LogP contribution in [0, 0.1) is 0 Å². The van der Waals surface area contributed by atoms with Gasteiger partial charge in [-0.3, -0.25) is 9.48 Å². The molecular weight excluding hydrogens is 311 g/mol. The number of rotatable bonds is 5. The number of aromatic nitrogens is 2. The van der Waals surface area contributed by atoms with Crippen molar-refractivity contribution in [3.63, 3.8) is 0 Å². The molecule has 2 aromatic rings. The molecule has 0 aliphatic carbocycles. The lowest BCUT2D eigenvalue weighted by atomic mass is 10.2. The van der Waals surface area contributed by atoms with Crippen LogP contribution in [0.15, 0.2) is 42.7 Å². The van der Waals surface area contributed by atoms with Crippen LogP contribution in [0.3, 0.4) is 0 Å². The fourth-order valence-electron chi connectivity index (χ4n) is 1.79. The summed E-state index contributed by atoms with van der Waals surface area (Å²) in [5.41, 5.74) is 1.98. The normalized spacial score (nSPS) is 11.0. The predicted molar refractivity (Wildman–Crippen MR) is 89.3 cm³/mol. The Bertz CT molecular complexity index is 528. The van der Waals surface area contributed by atoms with E-state index in [1.54, 1.807) is 23.1 Å². The number of carbonyl (C=O) groups is 1. The second kappa shape index (κ2) is 9.39. The van der Waals surface area contributed by atoms with E-state index in [1.165, 1.54) is 5.56 Å². The highest BCUT2D eigenvalue weighted by atomic mass is 35.5. The SMILES string of the molecule is CNCc1ccc(NC(=O)C(C)n2cccn2)cc1.Cl.Cl. The highest BCUT2D eigenvalue weighted by molar-refractivity contribution is 5.93. The molecule has 1 atom stereocenters. The van der Waals surface area contributed by atoms with Gasteiger partial charge in [-0.1, -0.05) is 12.1 Å². The topological polar surface area (TPSA) is 58.9 Å². The quantitative estimate of drug-likeness (QED) is 0.886. The molecule has 0 fully saturated rings. The number of amides is 1. The first kappa shape index (κ1) is 19.4. The first-order chi connectivity index (χ1) is 9.20. The summed E-state index contributed by atoms with van der Waals surface area (Å²) in [5, 5.41) is 10.0. The van der Waals surface area contributed by atoms with E-state index in [2.05, 4.69) is 15.7 Å². The second-order valence-electron chi connectivity index (χ2n) is 4.38. The Kier molecular flexibility index (Phi) is 8.69. The van der Waals surface area contributed by atoms with Gasteiger partial charge < -0.3 is 10.6 Å². The Morgan fingerprint density at radius 1 is 1.29 bits per heavy atom. The van der Waals surface area contributed by atoms with Crippen molar-refractivity contribution in [1.29, 1.82) is 0 Å². The van der Waals surface area contributed by atoms with Crippen LogP contribution in [0.5, 0.6) is 0 Å². The number of benzene rings is 1. The minimum atomic E-state index is -0.327. The van der Waals surface area contributed by atoms with Crippen LogP contribution in [0.25, 0.3) is 0 Å². The smallest absolute Gasteiger partial charge is 0.248 e. The average molecular weight is 331 g/mol. The molecule has 2 rings (SSSR count). The van der Waals surface area contributed by atoms with E-state index >= 15 is 0 Å². The maximum absolute atomic E-state index is 12.0. The summed E-state index contributed by atoms with van der Waals surface area (Å²) >= 11 is 0. The molecule has 116 valence electrons. The molecule has 21 heavy (non-hydrogen) atoms. The van der Waals surface area contributed by atoms with Gasteiger partial charge >= 0.3 is 0 Å². The zero-order valence-corrected chi connectivity index (χ0v) is 13.6. The van der Waals surface area contributed by atoms with E-state index < -0.39 is 0 Å². The molecule has 1 aromatic heterocycles. The van der Waals surface area contributed by atoms with E-state index in [0.717, 1.165) is 12.2 Å². The van der Waals surface area contributed by atoms with Gasteiger partial charge in [-0.05, 0) is 37.7 Å². The van der Waals surface area contributed by atoms with E-state index in [-0.39, 0.29) is 36.8 Å². The van der Waals surface area contributed by atoms with Crippen molar-refractivity contribution in [2.24, 2.45) is 0 Å². The monoisotopic (exact) mass is 330 g/mol. The van der Waals surface area contributed by atoms with Crippen LogP contribution < -0.4 is 10.6 Å². The number of nitrogens with zero attached hydrogens (tertiary/aromatic N) is 2. The van der Waals surface area contributed by atoms with Gasteiger partial charge in [-0.25, -0.2) is 0 Å². The molecule has 0 bridgehead atoms. The zero-order valence-electron chi connectivity index (χ0n) is 11.9. The molecule has 1 aromatic carbocycles. The van der Waals surface area contributed by atoms with Crippen molar-refractivity contribution in [1.82, 2.24) is 15.1 Å². The highest BCUT2D eigenvalue weighted by Crippen LogP contribution is 2.12. The Morgan fingerprint density at radius 3 is 2.48 bits per heavy atom. The largest absolute Gasteiger partial charge is 0.324 e. The first-order valence-electron chi connectivity index (χ1n) is 6.24. The third-order valence-electron chi connectivity index (χ3n) is 2.90. The predicted octanol–water partition coefficient (Wildman–Crippen LogP) is 2.65. The molecule has 0 spiro atoms. The van der Waals surface area contributed by atoms with Crippen LogP contribution in [0.4, 0.5) is 5.69 Å². The number of hydrogen-bond donors (Lipinski definition) is 2. The van der Waals surface area contributed by atoms with E-state index in [9.17, 15) is 4.79 Å². The van der Waals surface area contributed by atoms with Gasteiger partial charge in [0.25, 0.3) is 0 Å². The van der Waals surface area contributed by atoms with Crippen molar-refractivity contribution in [2.75, 3.05) is 12.4 Å². The molecule has 1 unspecified atom stereocenters. The van der Waals surface area contributed by atoms with Gasteiger partial charge in [0.1, 0.15) is 6.04 Å². The summed E-state index contributed by atoms with van der Waals surface area (Å²) < 4.78 is 1.63. The van der Waals surface area contributed by atoms with Crippen LogP contribution >= 0.6 is 24.8 Å². The Hall–Kier alpha value is -1.56. The molecule has 0 aliphatic rings. The summed E-state index contributed by atoms with van der Waals surface area (Å²) in [7, 11) is 1.90. The van der Waals surface area contributed by atoms with Gasteiger partial charge in [0, 0.05) is 24.6 Å². The average Bonchev–Trinajstić information content (AvgIpc) is 2.94. The molecule has 2 N–H and O–H groups in total. The maximum Gasteiger partial charge on any atom is 0.248 e. The fraction of sp³-hybridized carbons (Fsp3) is 0.286. The zero-order chi connectivity index (χ0) is 13.7. The fourth-order valence-corrected chi connectivity index (χ4v) is 1.79. The van der Waals surface area contributed by atoms with Crippen molar-refractivity contribution in [3.05, 3.63) is 48.3 Å². The Labute approximate surface area is 136 Å². The van der Waals surface area contributed by atoms with E-state index in [4.69, 9.17) is 0 Å². The van der Waals surface area contributed by atoms with Crippen LogP contribution in [0.1, 0.15) is 18.5 Å². The molecule has 0 saturated heterocycles. The van der Waals surface area contributed by atoms with Crippen molar-refractivity contribution < 1.29 is 4.79 Å². The number of halogens is 2. The lowest BCUT2D eigenvalue weighted by molar-refractivity contribution is -0.119. The van der Waals surface area contributed by atoms with Crippen molar-refractivity contribution in [3.8, 4) is 0 Å². The molecule has 0 aliphatic heterocycles. The van der Waals surface area contributed by atoms with Crippen LogP contribution in [-0.4, -0.2) is 22.7 Å². The van der Waals surface area contributed by atoms with Crippen LogP contribution in [0.2, 0.25) is 0 Å². The molecule has 7 heteroatoms. The van der Waals surface area contributed by atoms with Crippen LogP contribution in [-0.2, 0) is 11.3 Å². The van der Waals surface area contributed by atoms with E-state index in [0.29, 0.717) is 0 Å². The van der Waals surface area contributed by atoms with Gasteiger partial charge in [-0.15, -0.1) is 24.8 Å². The third-order valence-corrected chi connectivity index (χ3v) is 2.90. The lowest BCUT2D eigenvalue weighted by Crippen LogP contribution is -2.23. The number of anilines is 1. The van der Waals surface area contributed by atoms with Crippen molar-refractivity contribution >= 4 is 36.4 Å². The second-order valence-corrected chi connectivity index (χ2v) is 4.38. The van der Waals surface area contributed by atoms with Gasteiger partial charge in [0.2, 0.25) is 5.91 Å². The highest BCUT2D eigenvalue weighted by Gasteiger charge is 2.14.